The van der Waals surface area contributed by atoms with Crippen LogP contribution in [0.2, 0.25) is 0 Å². The van der Waals surface area contributed by atoms with Gasteiger partial charge in [-0.05, 0) is 47.5 Å². The van der Waals surface area contributed by atoms with Gasteiger partial charge in [0, 0.05) is 52.4 Å². The molecule has 7 rings (SSSR count). The number of sulfonamides is 2. The van der Waals surface area contributed by atoms with Crippen LogP contribution in [0.25, 0.3) is 11.1 Å². The van der Waals surface area contributed by atoms with Gasteiger partial charge in [-0.15, -0.1) is 0 Å². The third kappa shape index (κ3) is 10.8. The predicted molar refractivity (Wildman–Crippen MR) is 214 cm³/mol. The van der Waals surface area contributed by atoms with Crippen molar-refractivity contribution in [2.75, 3.05) is 62.2 Å². The normalized spacial score (nSPS) is 15.2. The number of thiazole rings is 2. The molecule has 2 aromatic heterocycles. The molecule has 0 unspecified atom stereocenters. The number of hydrogen-bond acceptors (Lipinski definition) is 16. The minimum absolute atomic E-state index is 0.116. The number of nitrogens with one attached hydrogen (secondary N) is 2. The molecule has 0 radical (unpaired) electrons. The van der Waals surface area contributed by atoms with Gasteiger partial charge in [0.25, 0.3) is 11.8 Å². The molecule has 2 fully saturated rings. The molecule has 7 N–H and O–H groups in total. The van der Waals surface area contributed by atoms with E-state index in [1.807, 2.05) is 47.4 Å². The summed E-state index contributed by atoms with van der Waals surface area (Å²) >= 11 is 2.20. The zero-order valence-corrected chi connectivity index (χ0v) is 34.4. The Kier molecular flexibility index (Phi) is 15.3. The Bertz CT molecular complexity index is 2420. The first-order chi connectivity index (χ1) is 28.6. The van der Waals surface area contributed by atoms with Crippen molar-refractivity contribution in [1.82, 2.24) is 29.5 Å². The number of nitrogens with zero attached hydrogens (tertiary/aromatic N) is 6. The second kappa shape index (κ2) is 20.0. The van der Waals surface area contributed by atoms with E-state index in [4.69, 9.17) is 15.6 Å². The molecule has 2 aliphatic heterocycles. The van der Waals surface area contributed by atoms with Crippen LogP contribution in [0.5, 0.6) is 0 Å². The maximum atomic E-state index is 13.0. The van der Waals surface area contributed by atoms with E-state index in [1.54, 1.807) is 22.5 Å². The number of nitrogens with two attached hydrogens (primary N) is 1. The van der Waals surface area contributed by atoms with Gasteiger partial charge < -0.3 is 15.0 Å². The van der Waals surface area contributed by atoms with Crippen LogP contribution >= 0.6 is 22.7 Å². The van der Waals surface area contributed by atoms with E-state index < -0.39 is 43.6 Å². The first kappa shape index (κ1) is 46.0. The second-order valence-corrected chi connectivity index (χ2v) is 18.5. The van der Waals surface area contributed by atoms with Crippen molar-refractivity contribution in [1.29, 1.82) is 0 Å². The molecule has 322 valence electrons. The smallest absolute Gasteiger partial charge is 0.345 e. The van der Waals surface area contributed by atoms with Crippen molar-refractivity contribution in [3.05, 3.63) is 107 Å². The molecule has 0 atom stereocenters. The Morgan fingerprint density at radius 3 is 1.33 bits per heavy atom. The Labute approximate surface area is 349 Å². The summed E-state index contributed by atoms with van der Waals surface area (Å²) in [6, 6.07) is 20.1. The first-order valence-corrected chi connectivity index (χ1v) is 22.0. The van der Waals surface area contributed by atoms with Crippen molar-refractivity contribution >= 4 is 64.8 Å². The van der Waals surface area contributed by atoms with Gasteiger partial charge in [0.05, 0.1) is 27.7 Å². The van der Waals surface area contributed by atoms with Crippen molar-refractivity contribution in [2.24, 2.45) is 5.90 Å². The second-order valence-electron chi connectivity index (χ2n) is 12.6. The molecule has 2 saturated heterocycles. The maximum Gasteiger partial charge on any atom is 0.416 e. The lowest BCUT2D eigenvalue weighted by Crippen LogP contribution is -2.48. The fraction of sp³-hybridized carbons (Fsp3) is 0.257. The van der Waals surface area contributed by atoms with Gasteiger partial charge >= 0.3 is 6.18 Å². The standard InChI is InChI=1S/C20H20N4O4S2.C15H15F3N4O4S2.H3NO/c25-19(22-26)18-14-21-20(29-18)23-10-12-24(13-11-23)30(27,28)17-8-6-16(7-9-17)15-4-2-1-3-5-15;16-15(17,18)10-1-3-11(4-2-10)28(25,26)22-7-5-21(6-8-22)14-19-9-12(27-14)13(23)20-24;1-2/h1-9,14,26H,10-13H2,(H,22,25);1-4,9,24H,5-8H2,(H,20,23);2H,1H2. The number of halogens is 3. The predicted octanol–water partition coefficient (Wildman–Crippen LogP) is 3.57. The molecule has 18 nitrogen and oxygen atoms in total. The number of amides is 2. The van der Waals surface area contributed by atoms with Crippen LogP contribution < -0.4 is 26.7 Å². The maximum absolute atomic E-state index is 13.0. The molecule has 2 aliphatic rings. The number of rotatable bonds is 9. The van der Waals surface area contributed by atoms with Gasteiger partial charge in [-0.25, -0.2) is 43.7 Å². The number of hydrogen-bond donors (Lipinski definition) is 6. The van der Waals surface area contributed by atoms with Gasteiger partial charge in [0.2, 0.25) is 20.0 Å². The van der Waals surface area contributed by atoms with Gasteiger partial charge in [-0.2, -0.15) is 21.8 Å². The summed E-state index contributed by atoms with van der Waals surface area (Å²) in [5.41, 5.74) is 4.18. The average Bonchev–Trinajstić information content (AvgIpc) is 3.99. The molecule has 2 amide bonds. The van der Waals surface area contributed by atoms with E-state index in [2.05, 4.69) is 15.9 Å². The average molecular weight is 914 g/mol. The number of alkyl halides is 3. The minimum atomic E-state index is -4.53. The lowest BCUT2D eigenvalue weighted by Gasteiger charge is -2.33. The summed E-state index contributed by atoms with van der Waals surface area (Å²) in [5.74, 6) is 2.20. The monoisotopic (exact) mass is 913 g/mol. The van der Waals surface area contributed by atoms with Crippen LogP contribution in [0, 0.1) is 0 Å². The molecule has 0 spiro atoms. The zero-order chi connectivity index (χ0) is 43.7. The highest BCUT2D eigenvalue weighted by atomic mass is 32.2. The van der Waals surface area contributed by atoms with E-state index in [-0.39, 0.29) is 27.8 Å². The molecule has 5 aromatic rings. The summed E-state index contributed by atoms with van der Waals surface area (Å²) in [6.07, 6.45) is -1.84. The SMILES string of the molecule is NO.O=C(NO)c1cnc(N2CCN(S(=O)(=O)c3ccc(-c4ccccc4)cc3)CC2)s1.O=C(NO)c1cnc(N2CCN(S(=O)(=O)c3ccc(C(F)(F)F)cc3)CC2)s1. The Morgan fingerprint density at radius 1 is 0.600 bits per heavy atom. The minimum Gasteiger partial charge on any atom is -0.345 e. The lowest BCUT2D eigenvalue weighted by molar-refractivity contribution is -0.137. The van der Waals surface area contributed by atoms with Gasteiger partial charge in [-0.3, -0.25) is 20.0 Å². The Hall–Kier alpha value is -5.09. The van der Waals surface area contributed by atoms with Crippen LogP contribution in [0.4, 0.5) is 23.4 Å². The van der Waals surface area contributed by atoms with Crippen LogP contribution in [0.3, 0.4) is 0 Å². The van der Waals surface area contributed by atoms with Crippen LogP contribution in [0.15, 0.2) is 101 Å². The van der Waals surface area contributed by atoms with Crippen LogP contribution in [-0.2, 0) is 26.2 Å². The molecule has 0 bridgehead atoms. The fourth-order valence-corrected chi connectivity index (χ4v) is 10.5. The Balaban J connectivity index is 0.000000219. The van der Waals surface area contributed by atoms with Gasteiger partial charge in [0.1, 0.15) is 9.75 Å². The topological polar surface area (TPSA) is 252 Å². The summed E-state index contributed by atoms with van der Waals surface area (Å²) in [5, 5.41) is 25.0. The number of aromatic nitrogens is 2. The zero-order valence-electron chi connectivity index (χ0n) is 31.1. The van der Waals surface area contributed by atoms with Crippen molar-refractivity contribution in [2.45, 2.75) is 16.0 Å². The highest BCUT2D eigenvalue weighted by molar-refractivity contribution is 7.89. The van der Waals surface area contributed by atoms with Crippen molar-refractivity contribution in [3.63, 3.8) is 0 Å². The van der Waals surface area contributed by atoms with E-state index in [0.29, 0.717) is 54.4 Å². The largest absolute Gasteiger partial charge is 0.416 e. The highest BCUT2D eigenvalue weighted by Crippen LogP contribution is 2.31. The molecule has 60 heavy (non-hydrogen) atoms. The number of piperazine rings is 2. The molecule has 0 aliphatic carbocycles. The number of anilines is 2. The number of benzene rings is 3. The van der Waals surface area contributed by atoms with Crippen molar-refractivity contribution < 1.29 is 55.2 Å². The molecule has 4 heterocycles. The molecular formula is C35H38F3N9O9S4. The summed E-state index contributed by atoms with van der Waals surface area (Å²) in [7, 11) is -7.50. The van der Waals surface area contributed by atoms with Gasteiger partial charge in [0.15, 0.2) is 10.3 Å². The highest BCUT2D eigenvalue weighted by Gasteiger charge is 2.33. The number of carbonyl (C=O) groups excluding carboxylic acids is 2. The first-order valence-electron chi connectivity index (χ1n) is 17.5. The molecule has 3 aromatic carbocycles. The van der Waals surface area contributed by atoms with E-state index in [9.17, 15) is 39.6 Å². The van der Waals surface area contributed by atoms with E-state index >= 15 is 0 Å². The third-order valence-electron chi connectivity index (χ3n) is 9.07. The quantitative estimate of drug-likeness (QED) is 0.0914. The summed E-state index contributed by atoms with van der Waals surface area (Å²) in [4.78, 5) is 35.4. The summed E-state index contributed by atoms with van der Waals surface area (Å²) in [6.45, 7) is 2.41. The number of carbonyl (C=O) groups is 2. The molecule has 0 saturated carbocycles. The summed E-state index contributed by atoms with van der Waals surface area (Å²) < 4.78 is 91.9. The molecular weight excluding hydrogens is 876 g/mol. The van der Waals surface area contributed by atoms with Crippen LogP contribution in [-0.4, -0.2) is 115 Å². The van der Waals surface area contributed by atoms with Crippen molar-refractivity contribution in [3.8, 4) is 11.1 Å². The van der Waals surface area contributed by atoms with E-state index in [0.717, 1.165) is 58.1 Å². The van der Waals surface area contributed by atoms with Crippen LogP contribution in [0.1, 0.15) is 24.9 Å². The third-order valence-corrected chi connectivity index (χ3v) is 15.0. The van der Waals surface area contributed by atoms with E-state index in [1.165, 1.54) is 26.5 Å². The molecule has 25 heteroatoms. The lowest BCUT2D eigenvalue weighted by atomic mass is 10.1. The Morgan fingerprint density at radius 2 is 0.967 bits per heavy atom. The van der Waals surface area contributed by atoms with Gasteiger partial charge in [-0.1, -0.05) is 65.1 Å². The fourth-order valence-electron chi connectivity index (χ4n) is 5.95. The number of hydroxylamine groups is 2.